The van der Waals surface area contributed by atoms with Gasteiger partial charge >= 0.3 is 0 Å². The number of hydrogen-bond donors (Lipinski definition) is 2. The van der Waals surface area contributed by atoms with E-state index in [1.165, 1.54) is 17.4 Å². The number of hydrogen-bond acceptors (Lipinski definition) is 5. The minimum atomic E-state index is -0.424. The van der Waals surface area contributed by atoms with Gasteiger partial charge in [0, 0.05) is 46.4 Å². The van der Waals surface area contributed by atoms with Crippen LogP contribution in [-0.2, 0) is 21.0 Å². The van der Waals surface area contributed by atoms with E-state index in [0.717, 1.165) is 53.5 Å². The molecule has 10 heteroatoms. The monoisotopic (exact) mass is 658 g/mol. The number of fused-ring (bicyclic) bond motifs is 1. The highest BCUT2D eigenvalue weighted by Crippen LogP contribution is 2.35. The maximum Gasteiger partial charge on any atom is 0.246 e. The molecule has 3 amide bonds. The number of rotatable bonds is 10. The fourth-order valence-electron chi connectivity index (χ4n) is 5.39. The number of aromatic nitrogens is 1. The van der Waals surface area contributed by atoms with Crippen LogP contribution in [0.25, 0.3) is 17.0 Å². The molecule has 1 heterocycles. The summed E-state index contributed by atoms with van der Waals surface area (Å²) in [7, 11) is 1.58. The smallest absolute Gasteiger partial charge is 0.246 e. The summed E-state index contributed by atoms with van der Waals surface area (Å²) in [5.41, 5.74) is 4.07. The van der Waals surface area contributed by atoms with Gasteiger partial charge in [0.2, 0.25) is 17.7 Å². The van der Waals surface area contributed by atoms with Gasteiger partial charge in [-0.25, -0.2) is 4.98 Å². The van der Waals surface area contributed by atoms with Crippen LogP contribution in [-0.4, -0.2) is 36.3 Å². The van der Waals surface area contributed by atoms with E-state index in [2.05, 4.69) is 15.6 Å². The summed E-state index contributed by atoms with van der Waals surface area (Å²) in [6.45, 7) is 1.74. The molecule has 0 radical (unpaired) electrons. The molecule has 2 N–H and O–H groups in total. The van der Waals surface area contributed by atoms with Crippen molar-refractivity contribution in [2.24, 2.45) is 5.92 Å². The van der Waals surface area contributed by atoms with Gasteiger partial charge in [-0.15, -0.1) is 0 Å². The average Bonchev–Trinajstić information content (AvgIpc) is 3.07. The number of benzene rings is 3. The van der Waals surface area contributed by atoms with Gasteiger partial charge in [-0.3, -0.25) is 14.4 Å². The number of likely N-dealkylation sites (N-methyl/N-ethyl adjacent to an activating group) is 1. The molecule has 1 aliphatic carbocycles. The van der Waals surface area contributed by atoms with Crippen molar-refractivity contribution in [1.82, 2.24) is 10.3 Å². The Balaban J connectivity index is 1.14. The van der Waals surface area contributed by atoms with Crippen molar-refractivity contribution >= 4 is 69.3 Å². The van der Waals surface area contributed by atoms with Gasteiger partial charge in [-0.2, -0.15) is 0 Å². The van der Waals surface area contributed by atoms with E-state index < -0.39 is 5.91 Å². The first-order valence-corrected chi connectivity index (χ1v) is 16.0. The second-order valence-electron chi connectivity index (χ2n) is 11.4. The number of nitrogens with one attached hydrogen (secondary N) is 2. The second-order valence-corrected chi connectivity index (χ2v) is 12.2. The van der Waals surface area contributed by atoms with Crippen molar-refractivity contribution < 1.29 is 19.1 Å². The van der Waals surface area contributed by atoms with E-state index in [1.54, 1.807) is 25.3 Å². The molecule has 1 aromatic heterocycles. The normalized spacial score (nSPS) is 13.5. The van der Waals surface area contributed by atoms with Gasteiger partial charge in [0.1, 0.15) is 17.9 Å². The molecule has 0 aliphatic heterocycles. The Labute approximate surface area is 278 Å². The van der Waals surface area contributed by atoms with Crippen molar-refractivity contribution in [3.63, 3.8) is 0 Å². The number of para-hydroxylation sites is 1. The largest absolute Gasteiger partial charge is 0.487 e. The predicted octanol–water partition coefficient (Wildman–Crippen LogP) is 7.74. The first-order chi connectivity index (χ1) is 22.2. The van der Waals surface area contributed by atoms with Gasteiger partial charge < -0.3 is 20.3 Å². The van der Waals surface area contributed by atoms with Crippen molar-refractivity contribution in [1.29, 1.82) is 0 Å². The molecule has 238 valence electrons. The summed E-state index contributed by atoms with van der Waals surface area (Å²) in [5, 5.41) is 7.22. The van der Waals surface area contributed by atoms with Crippen molar-refractivity contribution in [2.45, 2.75) is 45.6 Å². The summed E-state index contributed by atoms with van der Waals surface area (Å²) in [6, 6.07) is 20.2. The zero-order valence-corrected chi connectivity index (χ0v) is 27.3. The molecule has 0 saturated heterocycles. The van der Waals surface area contributed by atoms with E-state index in [9.17, 15) is 14.4 Å². The lowest BCUT2D eigenvalue weighted by Gasteiger charge is -2.21. The Kier molecular flexibility index (Phi) is 10.9. The van der Waals surface area contributed by atoms with E-state index in [4.69, 9.17) is 27.9 Å². The highest BCUT2D eigenvalue weighted by atomic mass is 35.5. The third-order valence-corrected chi connectivity index (χ3v) is 8.87. The molecular weight excluding hydrogens is 623 g/mol. The van der Waals surface area contributed by atoms with Gasteiger partial charge in [0.15, 0.2) is 0 Å². The van der Waals surface area contributed by atoms with E-state index in [0.29, 0.717) is 22.0 Å². The molecule has 0 spiro atoms. The quantitative estimate of drug-likeness (QED) is 0.170. The number of nitrogens with zero attached hydrogens (tertiary/aromatic N) is 2. The summed E-state index contributed by atoms with van der Waals surface area (Å²) < 4.78 is 6.09. The van der Waals surface area contributed by atoms with Crippen LogP contribution in [0.5, 0.6) is 5.75 Å². The molecule has 0 atom stereocenters. The number of carbonyl (C=O) groups is 3. The summed E-state index contributed by atoms with van der Waals surface area (Å²) in [5.74, 6) is -0.0592. The van der Waals surface area contributed by atoms with E-state index in [-0.39, 0.29) is 35.9 Å². The highest BCUT2D eigenvalue weighted by Gasteiger charge is 2.21. The molecule has 8 nitrogen and oxygen atoms in total. The van der Waals surface area contributed by atoms with Gasteiger partial charge in [0.25, 0.3) is 0 Å². The zero-order chi connectivity index (χ0) is 32.6. The molecule has 1 fully saturated rings. The lowest BCUT2D eigenvalue weighted by atomic mass is 9.88. The Morgan fingerprint density at radius 2 is 1.74 bits per heavy atom. The Morgan fingerprint density at radius 3 is 2.50 bits per heavy atom. The van der Waals surface area contributed by atoms with Crippen LogP contribution in [0.3, 0.4) is 0 Å². The minimum absolute atomic E-state index is 0.0648. The van der Waals surface area contributed by atoms with Crippen LogP contribution >= 0.6 is 23.2 Å². The van der Waals surface area contributed by atoms with Crippen LogP contribution in [0.1, 0.15) is 48.9 Å². The van der Waals surface area contributed by atoms with Gasteiger partial charge in [0.05, 0.1) is 17.3 Å². The van der Waals surface area contributed by atoms with Gasteiger partial charge in [-0.1, -0.05) is 72.8 Å². The lowest BCUT2D eigenvalue weighted by Crippen LogP contribution is -2.37. The number of carbonyl (C=O) groups excluding carboxylic acids is 3. The van der Waals surface area contributed by atoms with E-state index in [1.807, 2.05) is 61.5 Å². The fraction of sp³-hybridized carbons (Fsp3) is 0.278. The standard InChI is InChI=1S/C36H36Cl2N4O4/c1-23-11-15-25-9-6-10-31(35(25)40-23)46-22-28-29(37)18-19-30(34(28)38)42(2)33(44)21-39-32(43)20-14-24-12-16-27(17-13-24)41-36(45)26-7-4-3-5-8-26/h6,9-20,26H,3-5,7-8,21-22H2,1-2H3,(H,39,43)(H,41,45)/b20-14+. The zero-order valence-electron chi connectivity index (χ0n) is 25.8. The summed E-state index contributed by atoms with van der Waals surface area (Å²) >= 11 is 13.2. The Hall–Kier alpha value is -4.40. The maximum absolute atomic E-state index is 13.0. The predicted molar refractivity (Wildman–Crippen MR) is 184 cm³/mol. The van der Waals surface area contributed by atoms with Crippen molar-refractivity contribution in [2.75, 3.05) is 23.8 Å². The molecule has 46 heavy (non-hydrogen) atoms. The molecule has 1 aliphatic rings. The molecular formula is C36H36Cl2N4O4. The van der Waals surface area contributed by atoms with Crippen LogP contribution in [0, 0.1) is 12.8 Å². The summed E-state index contributed by atoms with van der Waals surface area (Å²) in [6.07, 6.45) is 8.27. The lowest BCUT2D eigenvalue weighted by molar-refractivity contribution is -0.122. The van der Waals surface area contributed by atoms with E-state index >= 15 is 0 Å². The van der Waals surface area contributed by atoms with Crippen LogP contribution in [0.2, 0.25) is 10.0 Å². The number of pyridine rings is 1. The molecule has 0 bridgehead atoms. The topological polar surface area (TPSA) is 101 Å². The summed E-state index contributed by atoms with van der Waals surface area (Å²) in [4.78, 5) is 43.9. The van der Waals surface area contributed by atoms with Crippen molar-refractivity contribution in [3.8, 4) is 5.75 Å². The van der Waals surface area contributed by atoms with Crippen LogP contribution in [0.15, 0.2) is 72.8 Å². The SMILES string of the molecule is Cc1ccc2cccc(OCc3c(Cl)ccc(N(C)C(=O)CNC(=O)/C=C/c4ccc(NC(=O)C5CCCCC5)cc4)c3Cl)c2n1. The fourth-order valence-corrected chi connectivity index (χ4v) is 6.00. The van der Waals surface area contributed by atoms with Crippen LogP contribution in [0.4, 0.5) is 11.4 Å². The Morgan fingerprint density at radius 1 is 0.978 bits per heavy atom. The number of ether oxygens (including phenoxy) is 1. The molecule has 3 aromatic carbocycles. The first-order valence-electron chi connectivity index (χ1n) is 15.3. The third-order valence-electron chi connectivity index (χ3n) is 8.09. The first kappa shape index (κ1) is 33.0. The maximum atomic E-state index is 13.0. The number of anilines is 2. The third kappa shape index (κ3) is 8.24. The Bertz CT molecular complexity index is 1770. The van der Waals surface area contributed by atoms with Crippen molar-refractivity contribution in [3.05, 3.63) is 99.7 Å². The molecule has 4 aromatic rings. The molecule has 5 rings (SSSR count). The number of halogens is 2. The molecule has 1 saturated carbocycles. The number of aryl methyl sites for hydroxylation is 1. The minimum Gasteiger partial charge on any atom is -0.487 e. The molecule has 0 unspecified atom stereocenters. The number of amides is 3. The highest BCUT2D eigenvalue weighted by molar-refractivity contribution is 6.38. The van der Waals surface area contributed by atoms with Crippen LogP contribution < -0.4 is 20.3 Å². The second kappa shape index (κ2) is 15.3. The average molecular weight is 660 g/mol. The van der Waals surface area contributed by atoms with Gasteiger partial charge in [-0.05, 0) is 67.8 Å².